The van der Waals surface area contributed by atoms with E-state index in [-0.39, 0.29) is 13.2 Å². The summed E-state index contributed by atoms with van der Waals surface area (Å²) in [5.41, 5.74) is 0.0642. The van der Waals surface area contributed by atoms with Crippen molar-refractivity contribution in [3.8, 4) is 0 Å². The quantitative estimate of drug-likeness (QED) is 0.546. The highest BCUT2D eigenvalue weighted by atomic mass is 19.1. The van der Waals surface area contributed by atoms with Crippen molar-refractivity contribution in [1.29, 1.82) is 0 Å². The molecule has 1 aromatic rings. The van der Waals surface area contributed by atoms with Crippen molar-refractivity contribution < 1.29 is 23.4 Å². The van der Waals surface area contributed by atoms with Crippen molar-refractivity contribution in [1.82, 2.24) is 0 Å². The molecule has 1 unspecified atom stereocenters. The molecular formula is C16H23FO4. The Labute approximate surface area is 125 Å². The molecule has 0 saturated carbocycles. The fourth-order valence-electron chi connectivity index (χ4n) is 1.60. The summed E-state index contributed by atoms with van der Waals surface area (Å²) in [6.07, 6.45) is 0. The second-order valence-corrected chi connectivity index (χ2v) is 5.71. The van der Waals surface area contributed by atoms with E-state index >= 15 is 0 Å². The molecule has 0 heterocycles. The Balaban J connectivity index is 2.57. The van der Waals surface area contributed by atoms with Crippen LogP contribution < -0.4 is 0 Å². The number of esters is 1. The maximum absolute atomic E-state index is 13.2. The van der Waals surface area contributed by atoms with Crippen molar-refractivity contribution in [2.45, 2.75) is 33.2 Å². The zero-order chi connectivity index (χ0) is 15.9. The molecule has 1 aromatic carbocycles. The predicted octanol–water partition coefficient (Wildman–Crippen LogP) is 3.10. The number of halogens is 1. The molecule has 0 fully saturated rings. The number of alkyl halides is 1. The molecule has 1 atom stereocenters. The Kier molecular flexibility index (Phi) is 6.30. The molecule has 0 N–H and O–H groups in total. The van der Waals surface area contributed by atoms with E-state index in [2.05, 4.69) is 4.74 Å². The summed E-state index contributed by atoms with van der Waals surface area (Å²) in [5, 5.41) is 0. The lowest BCUT2D eigenvalue weighted by Crippen LogP contribution is -2.40. The van der Waals surface area contributed by atoms with E-state index in [1.54, 1.807) is 13.8 Å². The van der Waals surface area contributed by atoms with Gasteiger partial charge < -0.3 is 14.2 Å². The summed E-state index contributed by atoms with van der Waals surface area (Å²) in [6.45, 7) is 4.30. The monoisotopic (exact) mass is 298 g/mol. The number of carbonyl (C=O) groups is 1. The lowest BCUT2D eigenvalue weighted by atomic mass is 9.95. The van der Waals surface area contributed by atoms with Crippen LogP contribution >= 0.6 is 0 Å². The van der Waals surface area contributed by atoms with Gasteiger partial charge in [0.05, 0.1) is 25.7 Å². The Hall–Kier alpha value is -1.46. The molecule has 21 heavy (non-hydrogen) atoms. The van der Waals surface area contributed by atoms with Gasteiger partial charge in [0.15, 0.2) is 5.79 Å². The van der Waals surface area contributed by atoms with Gasteiger partial charge in [0.2, 0.25) is 0 Å². The number of hydrogen-bond acceptors (Lipinski definition) is 4. The largest absolute Gasteiger partial charge is 0.469 e. The van der Waals surface area contributed by atoms with E-state index in [1.807, 2.05) is 30.3 Å². The number of hydrogen-bond donors (Lipinski definition) is 0. The van der Waals surface area contributed by atoms with E-state index in [0.717, 1.165) is 5.56 Å². The molecule has 0 spiro atoms. The van der Waals surface area contributed by atoms with Crippen LogP contribution in [0.25, 0.3) is 0 Å². The number of rotatable bonds is 8. The lowest BCUT2D eigenvalue weighted by Gasteiger charge is -2.31. The van der Waals surface area contributed by atoms with E-state index in [9.17, 15) is 9.18 Å². The first-order chi connectivity index (χ1) is 9.83. The van der Waals surface area contributed by atoms with Gasteiger partial charge in [0.25, 0.3) is 0 Å². The fraction of sp³-hybridized carbons (Fsp3) is 0.562. The Morgan fingerprint density at radius 1 is 1.14 bits per heavy atom. The Morgan fingerprint density at radius 2 is 1.76 bits per heavy atom. The maximum Gasteiger partial charge on any atom is 0.313 e. The first kappa shape index (κ1) is 17.6. The molecule has 118 valence electrons. The number of methoxy groups -OCH3 is 1. The highest BCUT2D eigenvalue weighted by Crippen LogP contribution is 2.23. The van der Waals surface area contributed by atoms with Gasteiger partial charge in [-0.15, -0.1) is 0 Å². The van der Waals surface area contributed by atoms with Crippen LogP contribution in [0.15, 0.2) is 30.3 Å². The van der Waals surface area contributed by atoms with Gasteiger partial charge in [-0.05, 0) is 26.3 Å². The predicted molar refractivity (Wildman–Crippen MR) is 77.4 cm³/mol. The Morgan fingerprint density at radius 3 is 2.29 bits per heavy atom. The van der Waals surface area contributed by atoms with Gasteiger partial charge >= 0.3 is 5.97 Å². The van der Waals surface area contributed by atoms with Gasteiger partial charge in [0.1, 0.15) is 6.67 Å². The fourth-order valence-corrected chi connectivity index (χ4v) is 1.60. The van der Waals surface area contributed by atoms with Crippen LogP contribution in [0.4, 0.5) is 4.39 Å². The van der Waals surface area contributed by atoms with Gasteiger partial charge in [-0.3, -0.25) is 4.79 Å². The lowest BCUT2D eigenvalue weighted by molar-refractivity contribution is -0.250. The molecule has 0 saturated heterocycles. The molecule has 5 heteroatoms. The summed E-state index contributed by atoms with van der Waals surface area (Å²) in [4.78, 5) is 11.6. The average molecular weight is 298 g/mol. The molecule has 0 radical (unpaired) electrons. The summed E-state index contributed by atoms with van der Waals surface area (Å²) in [5.74, 6) is -1.80. The molecule has 0 aliphatic rings. The first-order valence-electron chi connectivity index (χ1n) is 6.79. The van der Waals surface area contributed by atoms with E-state index in [0.29, 0.717) is 0 Å². The van der Waals surface area contributed by atoms with Crippen LogP contribution in [0.3, 0.4) is 0 Å². The van der Waals surface area contributed by atoms with Gasteiger partial charge in [-0.2, -0.15) is 0 Å². The topological polar surface area (TPSA) is 44.8 Å². The van der Waals surface area contributed by atoms with Gasteiger partial charge in [-0.25, -0.2) is 4.39 Å². The highest BCUT2D eigenvalue weighted by molar-refractivity contribution is 5.75. The van der Waals surface area contributed by atoms with Crippen LogP contribution in [0, 0.1) is 5.41 Å². The number of benzene rings is 1. The average Bonchev–Trinajstić information content (AvgIpc) is 2.51. The zero-order valence-corrected chi connectivity index (χ0v) is 13.0. The van der Waals surface area contributed by atoms with E-state index in [4.69, 9.17) is 9.47 Å². The molecule has 1 rings (SSSR count). The van der Waals surface area contributed by atoms with Crippen molar-refractivity contribution in [2.24, 2.45) is 5.41 Å². The first-order valence-corrected chi connectivity index (χ1v) is 6.79. The van der Waals surface area contributed by atoms with Crippen molar-refractivity contribution in [3.63, 3.8) is 0 Å². The maximum atomic E-state index is 13.2. The minimum atomic E-state index is -1.39. The molecule has 0 aliphatic heterocycles. The Bertz CT molecular complexity index is 447. The third-order valence-electron chi connectivity index (χ3n) is 3.11. The summed E-state index contributed by atoms with van der Waals surface area (Å²) >= 11 is 0. The summed E-state index contributed by atoms with van der Waals surface area (Å²) in [7, 11) is 1.31. The van der Waals surface area contributed by atoms with Gasteiger partial charge in [-0.1, -0.05) is 30.3 Å². The van der Waals surface area contributed by atoms with Crippen molar-refractivity contribution in [3.05, 3.63) is 35.9 Å². The van der Waals surface area contributed by atoms with E-state index in [1.165, 1.54) is 14.0 Å². The smallest absolute Gasteiger partial charge is 0.313 e. The van der Waals surface area contributed by atoms with Crippen molar-refractivity contribution >= 4 is 5.97 Å². The molecule has 0 aromatic heterocycles. The highest BCUT2D eigenvalue weighted by Gasteiger charge is 2.34. The normalized spacial score (nSPS) is 14.5. The second kappa shape index (κ2) is 7.52. The van der Waals surface area contributed by atoms with Crippen LogP contribution in [-0.2, 0) is 25.6 Å². The minimum Gasteiger partial charge on any atom is -0.469 e. The molecule has 0 amide bonds. The van der Waals surface area contributed by atoms with E-state index < -0.39 is 23.8 Å². The third kappa shape index (κ3) is 5.44. The van der Waals surface area contributed by atoms with Crippen LogP contribution in [0.1, 0.15) is 26.3 Å². The number of carbonyl (C=O) groups excluding carboxylic acids is 1. The van der Waals surface area contributed by atoms with Crippen LogP contribution in [-0.4, -0.2) is 32.1 Å². The SMILES string of the molecule is COC(=O)C(C)(C)COC(C)(CF)OCc1ccccc1. The molecule has 4 nitrogen and oxygen atoms in total. The van der Waals surface area contributed by atoms with Crippen LogP contribution in [0.5, 0.6) is 0 Å². The van der Waals surface area contributed by atoms with Crippen molar-refractivity contribution in [2.75, 3.05) is 20.4 Å². The minimum absolute atomic E-state index is 0.00881. The summed E-state index contributed by atoms with van der Waals surface area (Å²) in [6, 6.07) is 9.43. The molecule has 0 aliphatic carbocycles. The molecular weight excluding hydrogens is 275 g/mol. The second-order valence-electron chi connectivity index (χ2n) is 5.71. The summed E-state index contributed by atoms with van der Waals surface area (Å²) < 4.78 is 28.9. The van der Waals surface area contributed by atoms with Gasteiger partial charge in [0, 0.05) is 0 Å². The number of ether oxygens (including phenoxy) is 3. The zero-order valence-electron chi connectivity index (χ0n) is 13.0. The van der Waals surface area contributed by atoms with Crippen LogP contribution in [0.2, 0.25) is 0 Å². The standard InChI is InChI=1S/C16H23FO4/c1-15(2,14(18)19-4)12-21-16(3,11-17)20-10-13-8-6-5-7-9-13/h5-9H,10-12H2,1-4H3. The molecule has 0 bridgehead atoms. The third-order valence-corrected chi connectivity index (χ3v) is 3.11.